The number of piperidine rings is 1. The van der Waals surface area contributed by atoms with E-state index >= 15 is 0 Å². The predicted octanol–water partition coefficient (Wildman–Crippen LogP) is 1.04. The standard InChI is InChI=1S/C13H23N5/c1-2-12-14-13(16-15-12)10-17-7-8-18-6-4-3-5-11(18)9-17/h11H,2-10H2,1H3,(H,14,15,16). The summed E-state index contributed by atoms with van der Waals surface area (Å²) in [6.07, 6.45) is 5.07. The van der Waals surface area contributed by atoms with E-state index in [0.29, 0.717) is 0 Å². The summed E-state index contributed by atoms with van der Waals surface area (Å²) in [6.45, 7) is 7.91. The van der Waals surface area contributed by atoms with E-state index in [1.165, 1.54) is 45.4 Å². The van der Waals surface area contributed by atoms with Crippen molar-refractivity contribution in [3.8, 4) is 0 Å². The van der Waals surface area contributed by atoms with Gasteiger partial charge in [0.25, 0.3) is 0 Å². The summed E-state index contributed by atoms with van der Waals surface area (Å²) in [5, 5.41) is 7.27. The molecule has 0 radical (unpaired) electrons. The van der Waals surface area contributed by atoms with Gasteiger partial charge in [0.1, 0.15) is 11.6 Å². The average Bonchev–Trinajstić information content (AvgIpc) is 2.86. The number of nitrogens with zero attached hydrogens (tertiary/aromatic N) is 4. The van der Waals surface area contributed by atoms with E-state index < -0.39 is 0 Å². The van der Waals surface area contributed by atoms with Gasteiger partial charge in [-0.25, -0.2) is 4.98 Å². The normalized spacial score (nSPS) is 26.2. The quantitative estimate of drug-likeness (QED) is 0.869. The molecule has 5 heteroatoms. The van der Waals surface area contributed by atoms with E-state index in [9.17, 15) is 0 Å². The van der Waals surface area contributed by atoms with Crippen LogP contribution in [0.3, 0.4) is 0 Å². The maximum Gasteiger partial charge on any atom is 0.150 e. The van der Waals surface area contributed by atoms with E-state index in [4.69, 9.17) is 0 Å². The van der Waals surface area contributed by atoms with Crippen LogP contribution in [0.4, 0.5) is 0 Å². The van der Waals surface area contributed by atoms with Crippen molar-refractivity contribution in [3.05, 3.63) is 11.6 Å². The molecular weight excluding hydrogens is 226 g/mol. The number of hydrogen-bond acceptors (Lipinski definition) is 4. The Morgan fingerprint density at radius 1 is 1.28 bits per heavy atom. The van der Waals surface area contributed by atoms with Crippen molar-refractivity contribution in [2.24, 2.45) is 0 Å². The van der Waals surface area contributed by atoms with E-state index in [0.717, 1.165) is 30.7 Å². The van der Waals surface area contributed by atoms with Gasteiger partial charge in [0.05, 0.1) is 6.54 Å². The van der Waals surface area contributed by atoms with Crippen molar-refractivity contribution >= 4 is 0 Å². The van der Waals surface area contributed by atoms with Crippen molar-refractivity contribution in [2.45, 2.75) is 45.2 Å². The Bertz CT molecular complexity index is 388. The second-order valence-electron chi connectivity index (χ2n) is 5.47. The molecule has 1 N–H and O–H groups in total. The fourth-order valence-corrected chi connectivity index (χ4v) is 3.14. The molecule has 1 unspecified atom stereocenters. The molecule has 3 heterocycles. The number of aromatic amines is 1. The van der Waals surface area contributed by atoms with Crippen LogP contribution in [0.5, 0.6) is 0 Å². The molecule has 5 nitrogen and oxygen atoms in total. The van der Waals surface area contributed by atoms with Crippen molar-refractivity contribution in [3.63, 3.8) is 0 Å². The first-order valence-corrected chi connectivity index (χ1v) is 7.21. The van der Waals surface area contributed by atoms with Crippen LogP contribution in [0.2, 0.25) is 0 Å². The smallest absolute Gasteiger partial charge is 0.150 e. The molecule has 3 rings (SSSR count). The number of fused-ring (bicyclic) bond motifs is 1. The van der Waals surface area contributed by atoms with Crippen LogP contribution in [-0.4, -0.2) is 57.2 Å². The Morgan fingerprint density at radius 3 is 3.06 bits per heavy atom. The summed E-state index contributed by atoms with van der Waals surface area (Å²) in [5.74, 6) is 1.96. The highest BCUT2D eigenvalue weighted by molar-refractivity contribution is 4.92. The van der Waals surface area contributed by atoms with Gasteiger partial charge in [-0.1, -0.05) is 13.3 Å². The second-order valence-corrected chi connectivity index (χ2v) is 5.47. The molecule has 0 bridgehead atoms. The molecular formula is C13H23N5. The fourth-order valence-electron chi connectivity index (χ4n) is 3.14. The molecule has 2 fully saturated rings. The summed E-state index contributed by atoms with van der Waals surface area (Å²) in [4.78, 5) is 9.69. The lowest BCUT2D eigenvalue weighted by Gasteiger charge is -2.43. The molecule has 0 aromatic carbocycles. The number of aromatic nitrogens is 3. The van der Waals surface area contributed by atoms with Crippen molar-refractivity contribution in [2.75, 3.05) is 26.2 Å². The fraction of sp³-hybridized carbons (Fsp3) is 0.846. The molecule has 0 amide bonds. The van der Waals surface area contributed by atoms with Gasteiger partial charge < -0.3 is 0 Å². The number of rotatable bonds is 3. The second kappa shape index (κ2) is 5.36. The number of aryl methyl sites for hydroxylation is 1. The van der Waals surface area contributed by atoms with Gasteiger partial charge in [-0.2, -0.15) is 5.10 Å². The minimum atomic E-state index is 0.779. The topological polar surface area (TPSA) is 48.1 Å². The molecule has 0 saturated carbocycles. The number of piperazine rings is 1. The maximum atomic E-state index is 4.50. The lowest BCUT2D eigenvalue weighted by Crippen LogP contribution is -2.54. The van der Waals surface area contributed by atoms with E-state index in [1.54, 1.807) is 0 Å². The highest BCUT2D eigenvalue weighted by atomic mass is 15.3. The highest BCUT2D eigenvalue weighted by Gasteiger charge is 2.28. The molecule has 2 aliphatic rings. The van der Waals surface area contributed by atoms with Gasteiger partial charge in [0.15, 0.2) is 0 Å². The molecule has 18 heavy (non-hydrogen) atoms. The molecule has 1 aromatic rings. The third-order valence-corrected chi connectivity index (χ3v) is 4.19. The zero-order chi connectivity index (χ0) is 12.4. The molecule has 1 atom stereocenters. The first-order valence-electron chi connectivity index (χ1n) is 7.21. The minimum Gasteiger partial charge on any atom is -0.298 e. The van der Waals surface area contributed by atoms with Crippen LogP contribution < -0.4 is 0 Å². The highest BCUT2D eigenvalue weighted by Crippen LogP contribution is 2.21. The van der Waals surface area contributed by atoms with Gasteiger partial charge in [-0.15, -0.1) is 0 Å². The summed E-state index contributed by atoms with van der Waals surface area (Å²) in [6, 6.07) is 0.779. The molecule has 0 aliphatic carbocycles. The first-order chi connectivity index (χ1) is 8.85. The Labute approximate surface area is 109 Å². The van der Waals surface area contributed by atoms with Gasteiger partial charge in [-0.3, -0.25) is 14.9 Å². The number of hydrogen-bond donors (Lipinski definition) is 1. The van der Waals surface area contributed by atoms with E-state index in [1.807, 2.05) is 0 Å². The van der Waals surface area contributed by atoms with Crippen molar-refractivity contribution in [1.29, 1.82) is 0 Å². The summed E-state index contributed by atoms with van der Waals surface area (Å²) in [7, 11) is 0. The average molecular weight is 249 g/mol. The zero-order valence-corrected chi connectivity index (χ0v) is 11.2. The molecule has 2 aliphatic heterocycles. The maximum absolute atomic E-state index is 4.50. The molecule has 1 aromatic heterocycles. The lowest BCUT2D eigenvalue weighted by atomic mass is 9.99. The van der Waals surface area contributed by atoms with E-state index in [-0.39, 0.29) is 0 Å². The summed E-state index contributed by atoms with van der Waals surface area (Å²) < 4.78 is 0. The lowest BCUT2D eigenvalue weighted by molar-refractivity contribution is 0.0445. The predicted molar refractivity (Wildman–Crippen MR) is 70.2 cm³/mol. The Kier molecular flexibility index (Phi) is 3.61. The Morgan fingerprint density at radius 2 is 2.22 bits per heavy atom. The number of H-pyrrole nitrogens is 1. The zero-order valence-electron chi connectivity index (χ0n) is 11.2. The van der Waals surface area contributed by atoms with Crippen molar-refractivity contribution < 1.29 is 0 Å². The van der Waals surface area contributed by atoms with Crippen LogP contribution in [0.25, 0.3) is 0 Å². The van der Waals surface area contributed by atoms with Crippen LogP contribution in [0.15, 0.2) is 0 Å². The van der Waals surface area contributed by atoms with Gasteiger partial charge in [0.2, 0.25) is 0 Å². The van der Waals surface area contributed by atoms with Crippen LogP contribution >= 0.6 is 0 Å². The molecule has 100 valence electrons. The molecule has 2 saturated heterocycles. The summed E-state index contributed by atoms with van der Waals surface area (Å²) >= 11 is 0. The largest absolute Gasteiger partial charge is 0.298 e. The Hall–Kier alpha value is -0.940. The van der Waals surface area contributed by atoms with Crippen molar-refractivity contribution in [1.82, 2.24) is 25.0 Å². The monoisotopic (exact) mass is 249 g/mol. The van der Waals surface area contributed by atoms with Gasteiger partial charge in [-0.05, 0) is 19.4 Å². The van der Waals surface area contributed by atoms with Crippen LogP contribution in [0.1, 0.15) is 37.8 Å². The Balaban J connectivity index is 1.57. The van der Waals surface area contributed by atoms with Crippen LogP contribution in [-0.2, 0) is 13.0 Å². The number of nitrogens with one attached hydrogen (secondary N) is 1. The van der Waals surface area contributed by atoms with Gasteiger partial charge in [0, 0.05) is 32.1 Å². The van der Waals surface area contributed by atoms with Crippen LogP contribution in [0, 0.1) is 0 Å². The summed E-state index contributed by atoms with van der Waals surface area (Å²) in [5.41, 5.74) is 0. The third-order valence-electron chi connectivity index (χ3n) is 4.19. The third kappa shape index (κ3) is 2.57. The molecule has 0 spiro atoms. The van der Waals surface area contributed by atoms with Gasteiger partial charge >= 0.3 is 0 Å². The first kappa shape index (κ1) is 12.1. The van der Waals surface area contributed by atoms with E-state index in [2.05, 4.69) is 31.9 Å². The SMILES string of the molecule is CCc1n[nH]c(CN2CCN3CCCCC3C2)n1. The minimum absolute atomic E-state index is 0.779.